The average molecular weight is 381 g/mol. The Balaban J connectivity index is 1.30. The summed E-state index contributed by atoms with van der Waals surface area (Å²) in [5, 5.41) is 3.05. The fourth-order valence-electron chi connectivity index (χ4n) is 3.77. The highest BCUT2D eigenvalue weighted by atomic mass is 16.3. The van der Waals surface area contributed by atoms with E-state index in [4.69, 9.17) is 4.42 Å². The number of carbonyl (C=O) groups excluding carboxylic acids is 3. The van der Waals surface area contributed by atoms with Crippen molar-refractivity contribution in [3.8, 4) is 0 Å². The standard InChI is InChI=1S/C21H23N3O4/c25-19-4-1-11-24(19)17-7-5-15(6-8-17)20(26)22-16-9-12-23(13-10-16)21(27)18-3-2-14-28-18/h2-3,5-8,14,16H,1,4,9-13H2,(H,22,26). The molecule has 3 heterocycles. The smallest absolute Gasteiger partial charge is 0.289 e. The van der Waals surface area contributed by atoms with Gasteiger partial charge in [-0.05, 0) is 55.7 Å². The van der Waals surface area contributed by atoms with E-state index in [1.165, 1.54) is 6.26 Å². The number of likely N-dealkylation sites (tertiary alicyclic amines) is 1. The molecule has 0 bridgehead atoms. The van der Waals surface area contributed by atoms with Crippen LogP contribution in [0, 0.1) is 0 Å². The molecule has 28 heavy (non-hydrogen) atoms. The van der Waals surface area contributed by atoms with Crippen LogP contribution in [0.2, 0.25) is 0 Å². The Morgan fingerprint density at radius 3 is 2.39 bits per heavy atom. The molecule has 4 rings (SSSR count). The molecule has 0 aliphatic carbocycles. The first-order valence-electron chi connectivity index (χ1n) is 9.66. The van der Waals surface area contributed by atoms with Crippen LogP contribution in [0.5, 0.6) is 0 Å². The van der Waals surface area contributed by atoms with Crippen molar-refractivity contribution in [2.24, 2.45) is 0 Å². The van der Waals surface area contributed by atoms with Crippen molar-refractivity contribution in [3.05, 3.63) is 54.0 Å². The van der Waals surface area contributed by atoms with Gasteiger partial charge in [-0.3, -0.25) is 14.4 Å². The lowest BCUT2D eigenvalue weighted by Crippen LogP contribution is -2.46. The summed E-state index contributed by atoms with van der Waals surface area (Å²) in [4.78, 5) is 40.1. The van der Waals surface area contributed by atoms with Gasteiger partial charge in [0.1, 0.15) is 0 Å². The van der Waals surface area contributed by atoms with Crippen molar-refractivity contribution >= 4 is 23.4 Å². The molecular weight excluding hydrogens is 358 g/mol. The molecule has 1 aromatic heterocycles. The molecule has 146 valence electrons. The molecule has 0 atom stereocenters. The van der Waals surface area contributed by atoms with Crippen LogP contribution in [0.25, 0.3) is 0 Å². The van der Waals surface area contributed by atoms with Gasteiger partial charge in [0.25, 0.3) is 11.8 Å². The van der Waals surface area contributed by atoms with Crippen molar-refractivity contribution in [3.63, 3.8) is 0 Å². The van der Waals surface area contributed by atoms with E-state index in [1.807, 2.05) is 12.1 Å². The second-order valence-corrected chi connectivity index (χ2v) is 7.21. The van der Waals surface area contributed by atoms with Crippen molar-refractivity contribution in [2.75, 3.05) is 24.5 Å². The number of piperidine rings is 1. The summed E-state index contributed by atoms with van der Waals surface area (Å²) in [6.45, 7) is 1.90. The maximum Gasteiger partial charge on any atom is 0.289 e. The van der Waals surface area contributed by atoms with E-state index in [0.29, 0.717) is 43.7 Å². The fourth-order valence-corrected chi connectivity index (χ4v) is 3.77. The van der Waals surface area contributed by atoms with E-state index in [9.17, 15) is 14.4 Å². The summed E-state index contributed by atoms with van der Waals surface area (Å²) in [5.74, 6) is 0.240. The maximum absolute atomic E-state index is 12.5. The van der Waals surface area contributed by atoms with Crippen LogP contribution in [0.15, 0.2) is 47.1 Å². The van der Waals surface area contributed by atoms with Gasteiger partial charge in [0.05, 0.1) is 6.26 Å². The molecule has 1 N–H and O–H groups in total. The number of nitrogens with one attached hydrogen (secondary N) is 1. The Bertz CT molecular complexity index is 852. The second kappa shape index (κ2) is 7.88. The number of amides is 3. The Morgan fingerprint density at radius 1 is 1.04 bits per heavy atom. The average Bonchev–Trinajstić information content (AvgIpc) is 3.40. The van der Waals surface area contributed by atoms with E-state index < -0.39 is 0 Å². The first kappa shape index (κ1) is 18.3. The normalized spacial score (nSPS) is 17.8. The van der Waals surface area contributed by atoms with Gasteiger partial charge in [0.2, 0.25) is 5.91 Å². The molecule has 2 fully saturated rings. The minimum atomic E-state index is -0.130. The molecule has 2 aromatic rings. The molecule has 3 amide bonds. The zero-order valence-electron chi connectivity index (χ0n) is 15.6. The number of benzene rings is 1. The number of nitrogens with zero attached hydrogens (tertiary/aromatic N) is 2. The van der Waals surface area contributed by atoms with E-state index >= 15 is 0 Å². The van der Waals surface area contributed by atoms with Crippen LogP contribution >= 0.6 is 0 Å². The largest absolute Gasteiger partial charge is 0.459 e. The quantitative estimate of drug-likeness (QED) is 0.882. The molecule has 0 unspecified atom stereocenters. The Hall–Kier alpha value is -3.09. The molecular formula is C21H23N3O4. The minimum Gasteiger partial charge on any atom is -0.459 e. The number of hydrogen-bond acceptors (Lipinski definition) is 4. The molecule has 7 nitrogen and oxygen atoms in total. The van der Waals surface area contributed by atoms with Crippen molar-refractivity contribution in [1.82, 2.24) is 10.2 Å². The minimum absolute atomic E-state index is 0.0352. The third-order valence-electron chi connectivity index (χ3n) is 5.36. The van der Waals surface area contributed by atoms with Crippen LogP contribution in [-0.2, 0) is 4.79 Å². The zero-order valence-corrected chi connectivity index (χ0v) is 15.6. The number of rotatable bonds is 4. The number of anilines is 1. The van der Waals surface area contributed by atoms with E-state index in [-0.39, 0.29) is 23.8 Å². The zero-order chi connectivity index (χ0) is 19.5. The third kappa shape index (κ3) is 3.78. The van der Waals surface area contributed by atoms with Crippen LogP contribution in [0.4, 0.5) is 5.69 Å². The van der Waals surface area contributed by atoms with Gasteiger partial charge < -0.3 is 19.5 Å². The molecule has 0 saturated carbocycles. The number of hydrogen-bond donors (Lipinski definition) is 1. The lowest BCUT2D eigenvalue weighted by Gasteiger charge is -2.31. The van der Waals surface area contributed by atoms with E-state index in [1.54, 1.807) is 34.1 Å². The van der Waals surface area contributed by atoms with Gasteiger partial charge in [-0.25, -0.2) is 0 Å². The first-order chi connectivity index (χ1) is 13.6. The highest BCUT2D eigenvalue weighted by Crippen LogP contribution is 2.22. The Morgan fingerprint density at radius 2 is 1.79 bits per heavy atom. The predicted octanol–water partition coefficient (Wildman–Crippen LogP) is 2.44. The second-order valence-electron chi connectivity index (χ2n) is 7.21. The summed E-state index contributed by atoms with van der Waals surface area (Å²) >= 11 is 0. The SMILES string of the molecule is O=C(NC1CCN(C(=O)c2ccco2)CC1)c1ccc(N2CCCC2=O)cc1. The molecule has 1 aromatic carbocycles. The lowest BCUT2D eigenvalue weighted by molar-refractivity contribution is -0.117. The predicted molar refractivity (Wildman–Crippen MR) is 103 cm³/mol. The molecule has 0 spiro atoms. The van der Waals surface area contributed by atoms with Gasteiger partial charge in [-0.1, -0.05) is 0 Å². The summed E-state index contributed by atoms with van der Waals surface area (Å²) < 4.78 is 5.17. The number of carbonyl (C=O) groups is 3. The summed E-state index contributed by atoms with van der Waals surface area (Å²) in [6.07, 6.45) is 4.37. The molecule has 2 aliphatic rings. The van der Waals surface area contributed by atoms with Gasteiger partial charge in [0.15, 0.2) is 5.76 Å². The van der Waals surface area contributed by atoms with Crippen LogP contribution in [0.3, 0.4) is 0 Å². The van der Waals surface area contributed by atoms with Gasteiger partial charge in [-0.15, -0.1) is 0 Å². The highest BCUT2D eigenvalue weighted by Gasteiger charge is 2.26. The van der Waals surface area contributed by atoms with Gasteiger partial charge >= 0.3 is 0 Å². The third-order valence-corrected chi connectivity index (χ3v) is 5.36. The van der Waals surface area contributed by atoms with E-state index in [0.717, 1.165) is 18.7 Å². The fraction of sp³-hybridized carbons (Fsp3) is 0.381. The van der Waals surface area contributed by atoms with Gasteiger partial charge in [-0.2, -0.15) is 0 Å². The molecule has 7 heteroatoms. The molecule has 0 radical (unpaired) electrons. The molecule has 2 saturated heterocycles. The molecule has 2 aliphatic heterocycles. The Kier molecular flexibility index (Phi) is 5.14. The number of furan rings is 1. The van der Waals surface area contributed by atoms with E-state index in [2.05, 4.69) is 5.32 Å². The summed E-state index contributed by atoms with van der Waals surface area (Å²) in [7, 11) is 0. The van der Waals surface area contributed by atoms with Crippen LogP contribution in [-0.4, -0.2) is 48.3 Å². The lowest BCUT2D eigenvalue weighted by atomic mass is 10.0. The topological polar surface area (TPSA) is 82.9 Å². The van der Waals surface area contributed by atoms with Crippen molar-refractivity contribution in [2.45, 2.75) is 31.7 Å². The maximum atomic E-state index is 12.5. The summed E-state index contributed by atoms with van der Waals surface area (Å²) in [6, 6.07) is 10.6. The van der Waals surface area contributed by atoms with Crippen LogP contribution in [0.1, 0.15) is 46.6 Å². The van der Waals surface area contributed by atoms with Crippen molar-refractivity contribution < 1.29 is 18.8 Å². The first-order valence-corrected chi connectivity index (χ1v) is 9.66. The van der Waals surface area contributed by atoms with Crippen molar-refractivity contribution in [1.29, 1.82) is 0 Å². The monoisotopic (exact) mass is 381 g/mol. The highest BCUT2D eigenvalue weighted by molar-refractivity contribution is 5.97. The van der Waals surface area contributed by atoms with Crippen LogP contribution < -0.4 is 10.2 Å². The Labute approximate surface area is 163 Å². The summed E-state index contributed by atoms with van der Waals surface area (Å²) in [5.41, 5.74) is 1.41. The van der Waals surface area contributed by atoms with Gasteiger partial charge in [0, 0.05) is 43.3 Å².